The molecule has 25 heavy (non-hydrogen) atoms. The van der Waals surface area contributed by atoms with Crippen LogP contribution in [0.1, 0.15) is 11.3 Å². The summed E-state index contributed by atoms with van der Waals surface area (Å²) < 4.78 is 10.7. The van der Waals surface area contributed by atoms with Crippen molar-refractivity contribution in [1.82, 2.24) is 10.5 Å². The summed E-state index contributed by atoms with van der Waals surface area (Å²) in [7, 11) is 0. The molecule has 1 amide bonds. The SMILES string of the molecule is Cc1cccc(OCC(O)CNC(=O)Cc2noc3ccccc23)c1. The van der Waals surface area contributed by atoms with Gasteiger partial charge >= 0.3 is 0 Å². The maximum absolute atomic E-state index is 12.0. The highest BCUT2D eigenvalue weighted by Crippen LogP contribution is 2.18. The van der Waals surface area contributed by atoms with E-state index in [4.69, 9.17) is 9.26 Å². The molecule has 3 rings (SSSR count). The largest absolute Gasteiger partial charge is 0.491 e. The van der Waals surface area contributed by atoms with Crippen molar-refractivity contribution in [2.45, 2.75) is 19.4 Å². The number of aryl methyl sites for hydroxylation is 1. The smallest absolute Gasteiger partial charge is 0.226 e. The normalized spacial score (nSPS) is 12.1. The number of amides is 1. The number of carbonyl (C=O) groups is 1. The van der Waals surface area contributed by atoms with E-state index < -0.39 is 6.10 Å². The number of aliphatic hydroxyl groups is 1. The van der Waals surface area contributed by atoms with Crippen LogP contribution in [0.3, 0.4) is 0 Å². The number of hydrogen-bond acceptors (Lipinski definition) is 5. The second-order valence-corrected chi connectivity index (χ2v) is 5.89. The van der Waals surface area contributed by atoms with E-state index in [1.807, 2.05) is 49.4 Å². The van der Waals surface area contributed by atoms with Crippen molar-refractivity contribution in [3.63, 3.8) is 0 Å². The van der Waals surface area contributed by atoms with Gasteiger partial charge in [0.1, 0.15) is 24.2 Å². The Morgan fingerprint density at radius 1 is 1.28 bits per heavy atom. The van der Waals surface area contributed by atoms with Crippen molar-refractivity contribution in [3.05, 3.63) is 59.8 Å². The fourth-order valence-corrected chi connectivity index (χ4v) is 2.47. The molecule has 6 nitrogen and oxygen atoms in total. The summed E-state index contributed by atoms with van der Waals surface area (Å²) in [6.07, 6.45) is -0.693. The van der Waals surface area contributed by atoms with Gasteiger partial charge in [-0.3, -0.25) is 4.79 Å². The van der Waals surface area contributed by atoms with Crippen molar-refractivity contribution in [3.8, 4) is 5.75 Å². The van der Waals surface area contributed by atoms with Crippen LogP contribution in [-0.2, 0) is 11.2 Å². The monoisotopic (exact) mass is 340 g/mol. The van der Waals surface area contributed by atoms with E-state index in [-0.39, 0.29) is 25.5 Å². The molecule has 0 fully saturated rings. The average molecular weight is 340 g/mol. The summed E-state index contributed by atoms with van der Waals surface area (Å²) in [6.45, 7) is 2.19. The molecule has 0 bridgehead atoms. The molecule has 0 aliphatic rings. The number of hydrogen-bond donors (Lipinski definition) is 2. The van der Waals surface area contributed by atoms with Crippen molar-refractivity contribution in [1.29, 1.82) is 0 Å². The lowest BCUT2D eigenvalue weighted by Gasteiger charge is -2.13. The molecule has 2 aromatic carbocycles. The van der Waals surface area contributed by atoms with Crippen LogP contribution >= 0.6 is 0 Å². The molecule has 0 aliphatic carbocycles. The Morgan fingerprint density at radius 2 is 2.12 bits per heavy atom. The van der Waals surface area contributed by atoms with Crippen LogP contribution in [0, 0.1) is 6.92 Å². The van der Waals surface area contributed by atoms with Crippen molar-refractivity contribution in [2.24, 2.45) is 0 Å². The molecule has 0 radical (unpaired) electrons. The Labute approximate surface area is 145 Å². The molecule has 130 valence electrons. The first-order valence-electron chi connectivity index (χ1n) is 8.09. The fraction of sp³-hybridized carbons (Fsp3) is 0.263. The zero-order valence-corrected chi connectivity index (χ0v) is 13.9. The van der Waals surface area contributed by atoms with Gasteiger partial charge in [-0.25, -0.2) is 0 Å². The molecule has 1 atom stereocenters. The van der Waals surface area contributed by atoms with Gasteiger partial charge in [-0.05, 0) is 36.8 Å². The number of aromatic nitrogens is 1. The second kappa shape index (κ2) is 7.81. The molecule has 0 saturated carbocycles. The maximum Gasteiger partial charge on any atom is 0.226 e. The Hall–Kier alpha value is -2.86. The van der Waals surface area contributed by atoms with E-state index in [2.05, 4.69) is 10.5 Å². The minimum absolute atomic E-state index is 0.0997. The predicted molar refractivity (Wildman–Crippen MR) is 93.4 cm³/mol. The number of nitrogens with one attached hydrogen (secondary N) is 1. The van der Waals surface area contributed by atoms with Gasteiger partial charge in [0.15, 0.2) is 5.58 Å². The maximum atomic E-state index is 12.0. The molecule has 0 spiro atoms. The predicted octanol–water partition coefficient (Wildman–Crippen LogP) is 2.23. The highest BCUT2D eigenvalue weighted by atomic mass is 16.5. The lowest BCUT2D eigenvalue weighted by atomic mass is 10.1. The molecule has 1 aromatic heterocycles. The minimum Gasteiger partial charge on any atom is -0.491 e. The molecule has 6 heteroatoms. The molecular formula is C19H20N2O4. The van der Waals surface area contributed by atoms with Gasteiger partial charge in [0, 0.05) is 11.9 Å². The number of benzene rings is 2. The third-order valence-corrected chi connectivity index (χ3v) is 3.75. The molecular weight excluding hydrogens is 320 g/mol. The Morgan fingerprint density at radius 3 is 2.96 bits per heavy atom. The van der Waals surface area contributed by atoms with Crippen LogP contribution in [0.15, 0.2) is 53.1 Å². The summed E-state index contributed by atoms with van der Waals surface area (Å²) in [5, 5.41) is 17.4. The van der Waals surface area contributed by atoms with E-state index in [9.17, 15) is 9.90 Å². The average Bonchev–Trinajstić information content (AvgIpc) is 3.01. The van der Waals surface area contributed by atoms with Crippen LogP contribution in [0.5, 0.6) is 5.75 Å². The zero-order chi connectivity index (χ0) is 17.6. The summed E-state index contributed by atoms with van der Waals surface area (Å²) in [6, 6.07) is 15.0. The number of aliphatic hydroxyl groups excluding tert-OH is 1. The van der Waals surface area contributed by atoms with Gasteiger partial charge in [0.2, 0.25) is 5.91 Å². The van der Waals surface area contributed by atoms with Crippen LogP contribution in [-0.4, -0.2) is 35.4 Å². The second-order valence-electron chi connectivity index (χ2n) is 5.89. The van der Waals surface area contributed by atoms with Gasteiger partial charge in [0.25, 0.3) is 0 Å². The number of fused-ring (bicyclic) bond motifs is 1. The molecule has 0 saturated heterocycles. The lowest BCUT2D eigenvalue weighted by molar-refractivity contribution is -0.121. The van der Waals surface area contributed by atoms with Gasteiger partial charge in [-0.1, -0.05) is 29.4 Å². The summed E-state index contributed by atoms with van der Waals surface area (Å²) >= 11 is 0. The third kappa shape index (κ3) is 4.58. The van der Waals surface area contributed by atoms with E-state index in [0.717, 1.165) is 10.9 Å². The summed E-state index contributed by atoms with van der Waals surface area (Å²) in [5.74, 6) is 0.466. The van der Waals surface area contributed by atoms with Crippen LogP contribution in [0.25, 0.3) is 11.0 Å². The molecule has 2 N–H and O–H groups in total. The first kappa shape index (κ1) is 17.0. The first-order chi connectivity index (χ1) is 12.1. The lowest BCUT2D eigenvalue weighted by Crippen LogP contribution is -2.36. The van der Waals surface area contributed by atoms with Crippen LogP contribution < -0.4 is 10.1 Å². The number of nitrogens with zero attached hydrogens (tertiary/aromatic N) is 1. The fourth-order valence-electron chi connectivity index (χ4n) is 2.47. The van der Waals surface area contributed by atoms with Crippen molar-refractivity contribution >= 4 is 16.9 Å². The summed E-state index contributed by atoms with van der Waals surface area (Å²) in [5.41, 5.74) is 2.32. The standard InChI is InChI=1S/C19H20N2O4/c1-13-5-4-6-15(9-13)24-12-14(22)11-20-19(23)10-17-16-7-2-3-8-18(16)25-21-17/h2-9,14,22H,10-12H2,1H3,(H,20,23). The molecule has 0 aliphatic heterocycles. The highest BCUT2D eigenvalue weighted by Gasteiger charge is 2.13. The Kier molecular flexibility index (Phi) is 5.30. The number of rotatable bonds is 7. The topological polar surface area (TPSA) is 84.6 Å². The van der Waals surface area contributed by atoms with Crippen LogP contribution in [0.4, 0.5) is 0 Å². The van der Waals surface area contributed by atoms with E-state index in [1.165, 1.54) is 0 Å². The minimum atomic E-state index is -0.793. The molecule has 1 heterocycles. The highest BCUT2D eigenvalue weighted by molar-refractivity contribution is 5.86. The first-order valence-corrected chi connectivity index (χ1v) is 8.09. The molecule has 3 aromatic rings. The zero-order valence-electron chi connectivity index (χ0n) is 13.9. The van der Waals surface area contributed by atoms with Crippen molar-refractivity contribution in [2.75, 3.05) is 13.2 Å². The van der Waals surface area contributed by atoms with Gasteiger partial charge in [0.05, 0.1) is 6.42 Å². The summed E-state index contributed by atoms with van der Waals surface area (Å²) in [4.78, 5) is 12.0. The van der Waals surface area contributed by atoms with Crippen LogP contribution in [0.2, 0.25) is 0 Å². The number of para-hydroxylation sites is 1. The Balaban J connectivity index is 1.45. The van der Waals surface area contributed by atoms with Gasteiger partial charge in [-0.2, -0.15) is 0 Å². The Bertz CT molecular complexity index is 859. The molecule has 1 unspecified atom stereocenters. The third-order valence-electron chi connectivity index (χ3n) is 3.75. The van der Waals surface area contributed by atoms with E-state index in [0.29, 0.717) is 17.0 Å². The number of ether oxygens (including phenoxy) is 1. The van der Waals surface area contributed by atoms with Crippen molar-refractivity contribution < 1.29 is 19.2 Å². The van der Waals surface area contributed by atoms with E-state index in [1.54, 1.807) is 6.07 Å². The van der Waals surface area contributed by atoms with Gasteiger partial charge < -0.3 is 19.7 Å². The van der Waals surface area contributed by atoms with E-state index >= 15 is 0 Å². The quantitative estimate of drug-likeness (QED) is 0.689. The van der Waals surface area contributed by atoms with Gasteiger partial charge in [-0.15, -0.1) is 0 Å². The number of carbonyl (C=O) groups excluding carboxylic acids is 1.